The quantitative estimate of drug-likeness (QED) is 0.828. The highest BCUT2D eigenvalue weighted by atomic mass is 19.1. The van der Waals surface area contributed by atoms with Gasteiger partial charge in [0.05, 0.1) is 0 Å². The lowest BCUT2D eigenvalue weighted by atomic mass is 10.1. The average molecular weight is 280 g/mol. The van der Waals surface area contributed by atoms with Gasteiger partial charge in [-0.05, 0) is 18.2 Å². The van der Waals surface area contributed by atoms with Gasteiger partial charge >= 0.3 is 0 Å². The molecule has 1 heterocycles. The van der Waals surface area contributed by atoms with Crippen molar-refractivity contribution in [2.45, 2.75) is 6.42 Å². The molecular weight excluding hydrogens is 266 g/mol. The second kappa shape index (κ2) is 5.68. The molecule has 0 aliphatic carbocycles. The second-order valence-corrected chi connectivity index (χ2v) is 4.31. The van der Waals surface area contributed by atoms with Crippen molar-refractivity contribution >= 4 is 11.6 Å². The van der Waals surface area contributed by atoms with Gasteiger partial charge in [0.25, 0.3) is 5.91 Å². The van der Waals surface area contributed by atoms with E-state index >= 15 is 0 Å². The van der Waals surface area contributed by atoms with E-state index in [1.165, 1.54) is 0 Å². The molecule has 106 valence electrons. The Balaban J connectivity index is 1.97. The normalized spacial score (nSPS) is 10.6. The summed E-state index contributed by atoms with van der Waals surface area (Å²) in [6.45, 7) is 0.339. The van der Waals surface area contributed by atoms with E-state index in [9.17, 15) is 13.6 Å². The number of aryl methyl sites for hydroxylation is 1. The van der Waals surface area contributed by atoms with Crippen LogP contribution >= 0.6 is 0 Å². The van der Waals surface area contributed by atoms with Crippen molar-refractivity contribution in [3.63, 3.8) is 0 Å². The van der Waals surface area contributed by atoms with Crippen LogP contribution in [-0.2, 0) is 13.5 Å². The van der Waals surface area contributed by atoms with Crippen molar-refractivity contribution in [2.75, 3.05) is 12.3 Å². The first kappa shape index (κ1) is 14.0. The van der Waals surface area contributed by atoms with Crippen molar-refractivity contribution in [3.8, 4) is 0 Å². The summed E-state index contributed by atoms with van der Waals surface area (Å²) in [5.74, 6) is -2.44. The molecule has 0 unspecified atom stereocenters. The zero-order chi connectivity index (χ0) is 14.7. The van der Waals surface area contributed by atoms with E-state index in [1.54, 1.807) is 17.9 Å². The topological polar surface area (TPSA) is 72.9 Å². The Morgan fingerprint density at radius 1 is 1.40 bits per heavy atom. The molecule has 0 atom stereocenters. The third kappa shape index (κ3) is 2.93. The largest absolute Gasteiger partial charge is 0.394 e. The van der Waals surface area contributed by atoms with Gasteiger partial charge in [0.2, 0.25) is 0 Å². The number of carbonyl (C=O) groups excluding carboxylic acids is 1. The van der Waals surface area contributed by atoms with E-state index in [1.807, 2.05) is 6.07 Å². The summed E-state index contributed by atoms with van der Waals surface area (Å²) in [5.41, 5.74) is 5.40. The fourth-order valence-electron chi connectivity index (χ4n) is 1.77. The minimum absolute atomic E-state index is 0.0980. The molecule has 0 fully saturated rings. The molecule has 0 saturated heterocycles. The standard InChI is InChI=1S/C13H14F2N4O/c1-19-9(3-5-18-19)2-4-17-13(20)8-6-10(14)12(16)11(15)7-8/h3,5-7H,2,4,16H2,1H3,(H,17,20). The summed E-state index contributed by atoms with van der Waals surface area (Å²) in [6.07, 6.45) is 2.23. The number of nitrogens with zero attached hydrogens (tertiary/aromatic N) is 2. The number of hydrogen-bond acceptors (Lipinski definition) is 3. The van der Waals surface area contributed by atoms with Crippen molar-refractivity contribution < 1.29 is 13.6 Å². The summed E-state index contributed by atoms with van der Waals surface area (Å²) in [6, 6.07) is 3.66. The SMILES string of the molecule is Cn1nccc1CCNC(=O)c1cc(F)c(N)c(F)c1. The predicted octanol–water partition coefficient (Wildman–Crippen LogP) is 1.25. The van der Waals surface area contributed by atoms with Crippen LogP contribution in [0.25, 0.3) is 0 Å². The molecular formula is C13H14F2N4O. The first-order chi connectivity index (χ1) is 9.49. The van der Waals surface area contributed by atoms with Gasteiger partial charge in [-0.3, -0.25) is 9.48 Å². The van der Waals surface area contributed by atoms with Crippen molar-refractivity contribution in [1.82, 2.24) is 15.1 Å². The molecule has 5 nitrogen and oxygen atoms in total. The second-order valence-electron chi connectivity index (χ2n) is 4.31. The average Bonchev–Trinajstić information content (AvgIpc) is 2.81. The van der Waals surface area contributed by atoms with Gasteiger partial charge in [-0.2, -0.15) is 5.10 Å². The van der Waals surface area contributed by atoms with Crippen LogP contribution in [0, 0.1) is 11.6 Å². The molecule has 0 aliphatic rings. The van der Waals surface area contributed by atoms with Gasteiger partial charge in [-0.1, -0.05) is 0 Å². The van der Waals surface area contributed by atoms with E-state index in [-0.39, 0.29) is 5.56 Å². The Bertz CT molecular complexity index is 616. The number of aromatic nitrogens is 2. The van der Waals surface area contributed by atoms with Crippen LogP contribution in [-0.4, -0.2) is 22.2 Å². The summed E-state index contributed by atoms with van der Waals surface area (Å²) >= 11 is 0. The zero-order valence-corrected chi connectivity index (χ0v) is 10.9. The Morgan fingerprint density at radius 3 is 2.60 bits per heavy atom. The monoisotopic (exact) mass is 280 g/mol. The number of halogens is 2. The molecule has 20 heavy (non-hydrogen) atoms. The number of hydrogen-bond donors (Lipinski definition) is 2. The number of nitrogens with one attached hydrogen (secondary N) is 1. The number of carbonyl (C=O) groups is 1. The van der Waals surface area contributed by atoms with E-state index in [0.29, 0.717) is 13.0 Å². The van der Waals surface area contributed by atoms with Gasteiger partial charge in [0.1, 0.15) is 17.3 Å². The van der Waals surface area contributed by atoms with E-state index in [2.05, 4.69) is 10.4 Å². The van der Waals surface area contributed by atoms with Crippen LogP contribution in [0.5, 0.6) is 0 Å². The number of benzene rings is 1. The maximum atomic E-state index is 13.2. The summed E-state index contributed by atoms with van der Waals surface area (Å²) in [7, 11) is 1.79. The van der Waals surface area contributed by atoms with Crippen molar-refractivity contribution in [3.05, 3.63) is 47.3 Å². The highest BCUT2D eigenvalue weighted by Crippen LogP contribution is 2.17. The van der Waals surface area contributed by atoms with Gasteiger partial charge in [0.15, 0.2) is 0 Å². The highest BCUT2D eigenvalue weighted by Gasteiger charge is 2.13. The molecule has 0 aliphatic heterocycles. The predicted molar refractivity (Wildman–Crippen MR) is 70.0 cm³/mol. The Hall–Kier alpha value is -2.44. The van der Waals surface area contributed by atoms with Crippen molar-refractivity contribution in [1.29, 1.82) is 0 Å². The number of rotatable bonds is 4. The van der Waals surface area contributed by atoms with Crippen LogP contribution in [0.3, 0.4) is 0 Å². The molecule has 1 aromatic heterocycles. The smallest absolute Gasteiger partial charge is 0.251 e. The van der Waals surface area contributed by atoms with Crippen LogP contribution in [0.4, 0.5) is 14.5 Å². The molecule has 0 radical (unpaired) electrons. The Morgan fingerprint density at radius 2 is 2.05 bits per heavy atom. The van der Waals surface area contributed by atoms with Crippen LogP contribution in [0.1, 0.15) is 16.1 Å². The third-order valence-electron chi connectivity index (χ3n) is 2.93. The van der Waals surface area contributed by atoms with E-state index in [4.69, 9.17) is 5.73 Å². The maximum absolute atomic E-state index is 13.2. The number of nitrogens with two attached hydrogens (primary N) is 1. The first-order valence-electron chi connectivity index (χ1n) is 5.98. The molecule has 7 heteroatoms. The van der Waals surface area contributed by atoms with Gasteiger partial charge in [-0.15, -0.1) is 0 Å². The van der Waals surface area contributed by atoms with E-state index < -0.39 is 23.2 Å². The van der Waals surface area contributed by atoms with E-state index in [0.717, 1.165) is 17.8 Å². The molecule has 2 rings (SSSR count). The van der Waals surface area contributed by atoms with Gasteiger partial charge in [0, 0.05) is 37.5 Å². The molecule has 2 aromatic rings. The highest BCUT2D eigenvalue weighted by molar-refractivity contribution is 5.94. The molecule has 0 spiro atoms. The molecule has 1 aromatic carbocycles. The van der Waals surface area contributed by atoms with Gasteiger partial charge < -0.3 is 11.1 Å². The first-order valence-corrected chi connectivity index (χ1v) is 5.98. The van der Waals surface area contributed by atoms with Crippen LogP contribution in [0.15, 0.2) is 24.4 Å². The van der Waals surface area contributed by atoms with Crippen LogP contribution in [0.2, 0.25) is 0 Å². The fraction of sp³-hybridized carbons (Fsp3) is 0.231. The summed E-state index contributed by atoms with van der Waals surface area (Å²) in [4.78, 5) is 11.8. The maximum Gasteiger partial charge on any atom is 0.251 e. The molecule has 0 saturated carbocycles. The van der Waals surface area contributed by atoms with Crippen LogP contribution < -0.4 is 11.1 Å². The fourth-order valence-corrected chi connectivity index (χ4v) is 1.77. The Labute approximate surface area is 114 Å². The number of nitrogen functional groups attached to an aromatic ring is 1. The zero-order valence-electron chi connectivity index (χ0n) is 10.9. The number of anilines is 1. The lowest BCUT2D eigenvalue weighted by Gasteiger charge is -2.07. The molecule has 0 bridgehead atoms. The summed E-state index contributed by atoms with van der Waals surface area (Å²) in [5, 5.41) is 6.58. The minimum atomic E-state index is -0.943. The molecule has 3 N–H and O–H groups in total. The molecule has 1 amide bonds. The lowest BCUT2D eigenvalue weighted by molar-refractivity contribution is 0.0953. The summed E-state index contributed by atoms with van der Waals surface area (Å²) < 4.78 is 28.2. The lowest BCUT2D eigenvalue weighted by Crippen LogP contribution is -2.26. The van der Waals surface area contributed by atoms with Crippen molar-refractivity contribution in [2.24, 2.45) is 7.05 Å². The Kier molecular flexibility index (Phi) is 3.97. The third-order valence-corrected chi connectivity index (χ3v) is 2.93. The number of amides is 1. The van der Waals surface area contributed by atoms with Gasteiger partial charge in [-0.25, -0.2) is 8.78 Å². The minimum Gasteiger partial charge on any atom is -0.394 e.